The van der Waals surface area contributed by atoms with Crippen LogP contribution in [0.1, 0.15) is 37.4 Å². The SMILES string of the molecule is O=C(NS(=O)(=O)c1ccc(NCCSc2ccccc2)c([N+](=O)[O-])c1)c1ccc(N2CCN(C(=O)c3cc(C#Cc4cccc(O)c4)cc(C(F)(F)F)c3)CC2)cc1. The number of hydrogen-bond donors (Lipinski definition) is 3. The molecule has 1 fully saturated rings. The van der Waals surface area contributed by atoms with Gasteiger partial charge in [-0.1, -0.05) is 36.1 Å². The number of halogens is 3. The number of nitrogens with one attached hydrogen (secondary N) is 2. The Morgan fingerprint density at radius 2 is 1.53 bits per heavy atom. The molecule has 5 aromatic carbocycles. The fraction of sp³-hybridized carbons (Fsp3) is 0.171. The average Bonchev–Trinajstić information content (AvgIpc) is 3.21. The van der Waals surface area contributed by atoms with E-state index in [1.54, 1.807) is 36.0 Å². The molecular weight excluding hydrogens is 796 g/mol. The molecule has 2 amide bonds. The molecule has 6 rings (SSSR count). The smallest absolute Gasteiger partial charge is 0.416 e. The van der Waals surface area contributed by atoms with Crippen LogP contribution >= 0.6 is 11.8 Å². The van der Waals surface area contributed by atoms with Gasteiger partial charge in [-0.2, -0.15) is 13.2 Å². The lowest BCUT2D eigenvalue weighted by molar-refractivity contribution is -0.384. The van der Waals surface area contributed by atoms with E-state index in [1.807, 2.05) is 40.0 Å². The number of hydrogen-bond acceptors (Lipinski definition) is 10. The highest BCUT2D eigenvalue weighted by Crippen LogP contribution is 2.32. The number of nitrogens with zero attached hydrogens (tertiary/aromatic N) is 3. The first-order valence-corrected chi connectivity index (χ1v) is 20.1. The molecule has 1 aliphatic heterocycles. The molecule has 1 aliphatic rings. The predicted molar refractivity (Wildman–Crippen MR) is 213 cm³/mol. The minimum absolute atomic E-state index is 0.00245. The largest absolute Gasteiger partial charge is 0.508 e. The second kappa shape index (κ2) is 17.7. The number of carbonyl (C=O) groups excluding carboxylic acids is 2. The number of thioether (sulfide) groups is 1. The molecule has 58 heavy (non-hydrogen) atoms. The summed E-state index contributed by atoms with van der Waals surface area (Å²) in [7, 11) is -4.50. The van der Waals surface area contributed by atoms with Gasteiger partial charge in [-0.3, -0.25) is 19.7 Å². The average molecular weight is 830 g/mol. The molecule has 12 nitrogen and oxygen atoms in total. The number of rotatable bonds is 11. The zero-order valence-electron chi connectivity index (χ0n) is 30.4. The summed E-state index contributed by atoms with van der Waals surface area (Å²) in [5.41, 5.74) is -0.534. The maximum atomic E-state index is 13.8. The monoisotopic (exact) mass is 829 g/mol. The maximum Gasteiger partial charge on any atom is 0.416 e. The van der Waals surface area contributed by atoms with Crippen molar-refractivity contribution < 1.29 is 41.2 Å². The molecule has 298 valence electrons. The Morgan fingerprint density at radius 3 is 2.21 bits per heavy atom. The number of anilines is 2. The van der Waals surface area contributed by atoms with E-state index in [2.05, 4.69) is 17.2 Å². The first-order valence-electron chi connectivity index (χ1n) is 17.6. The molecule has 0 unspecified atom stereocenters. The molecule has 0 aromatic heterocycles. The third-order valence-electron chi connectivity index (χ3n) is 8.90. The number of benzene rings is 5. The molecule has 17 heteroatoms. The molecule has 1 saturated heterocycles. The van der Waals surface area contributed by atoms with Crippen LogP contribution in [-0.4, -0.2) is 73.6 Å². The van der Waals surface area contributed by atoms with E-state index in [-0.39, 0.29) is 41.2 Å². The topological polar surface area (TPSA) is 162 Å². The molecule has 0 spiro atoms. The molecule has 3 N–H and O–H groups in total. The van der Waals surface area contributed by atoms with E-state index in [9.17, 15) is 46.4 Å². The van der Waals surface area contributed by atoms with Crippen molar-refractivity contribution in [3.05, 3.63) is 153 Å². The van der Waals surface area contributed by atoms with Crippen LogP contribution in [-0.2, 0) is 16.2 Å². The van der Waals surface area contributed by atoms with Gasteiger partial charge < -0.3 is 20.2 Å². The van der Waals surface area contributed by atoms with Gasteiger partial charge in [0.05, 0.1) is 15.4 Å². The molecule has 0 bridgehead atoms. The number of alkyl halides is 3. The Kier molecular flexibility index (Phi) is 12.6. The van der Waals surface area contributed by atoms with Crippen molar-refractivity contribution >= 4 is 50.7 Å². The summed E-state index contributed by atoms with van der Waals surface area (Å²) in [6.45, 7) is 1.34. The van der Waals surface area contributed by atoms with Crippen molar-refractivity contribution in [3.63, 3.8) is 0 Å². The van der Waals surface area contributed by atoms with Gasteiger partial charge in [0.1, 0.15) is 11.4 Å². The molecular formula is C41H34F3N5O7S2. The highest BCUT2D eigenvalue weighted by atomic mass is 32.2. The number of piperazine rings is 1. The van der Waals surface area contributed by atoms with Gasteiger partial charge >= 0.3 is 6.18 Å². The summed E-state index contributed by atoms with van der Waals surface area (Å²) in [6, 6.07) is 27.8. The maximum absolute atomic E-state index is 13.8. The summed E-state index contributed by atoms with van der Waals surface area (Å²) in [5.74, 6) is 4.34. The molecule has 0 atom stereocenters. The second-order valence-corrected chi connectivity index (χ2v) is 15.7. The number of amides is 2. The van der Waals surface area contributed by atoms with Crippen LogP contribution in [0.25, 0.3) is 0 Å². The van der Waals surface area contributed by atoms with Gasteiger partial charge in [0.2, 0.25) is 0 Å². The Labute approximate surface area is 335 Å². The molecule has 0 saturated carbocycles. The van der Waals surface area contributed by atoms with E-state index in [1.165, 1.54) is 47.4 Å². The second-order valence-electron chi connectivity index (χ2n) is 12.9. The van der Waals surface area contributed by atoms with Gasteiger partial charge in [0.15, 0.2) is 0 Å². The third-order valence-corrected chi connectivity index (χ3v) is 11.2. The number of nitro groups is 1. The summed E-state index contributed by atoms with van der Waals surface area (Å²) < 4.78 is 69.6. The normalized spacial score (nSPS) is 12.9. The third kappa shape index (κ3) is 10.5. The highest BCUT2D eigenvalue weighted by Gasteiger charge is 2.33. The Balaban J connectivity index is 1.06. The number of phenols is 1. The minimum atomic E-state index is -4.73. The lowest BCUT2D eigenvalue weighted by atomic mass is 10.0. The fourth-order valence-electron chi connectivity index (χ4n) is 5.98. The lowest BCUT2D eigenvalue weighted by Crippen LogP contribution is -2.48. The van der Waals surface area contributed by atoms with Crippen molar-refractivity contribution in [1.82, 2.24) is 9.62 Å². The summed E-state index contributed by atoms with van der Waals surface area (Å²) in [4.78, 5) is 41.4. The zero-order chi connectivity index (χ0) is 41.5. The minimum Gasteiger partial charge on any atom is -0.508 e. The van der Waals surface area contributed by atoms with E-state index in [4.69, 9.17) is 0 Å². The van der Waals surface area contributed by atoms with Crippen molar-refractivity contribution in [1.29, 1.82) is 0 Å². The first-order chi connectivity index (χ1) is 27.7. The van der Waals surface area contributed by atoms with Crippen LogP contribution in [0, 0.1) is 22.0 Å². The number of carbonyl (C=O) groups is 2. The summed E-state index contributed by atoms with van der Waals surface area (Å²) in [6.07, 6.45) is -4.73. The van der Waals surface area contributed by atoms with Crippen molar-refractivity contribution in [2.75, 3.05) is 48.7 Å². The standard InChI is InChI=1S/C41H34F3N5O7S2/c42-41(43,44)32-24-29(10-9-28-5-4-6-34(50)25-28)23-31(26-32)40(52)48-20-18-47(19-21-48)33-13-11-30(12-14-33)39(51)46-58(55,56)36-15-16-37(38(27-36)49(53)54)45-17-22-57-35-7-2-1-3-8-35/h1-8,11-16,23-27,45,50H,17-22H2,(H,46,51). The Morgan fingerprint density at radius 1 is 0.828 bits per heavy atom. The van der Waals surface area contributed by atoms with Gasteiger partial charge in [-0.15, -0.1) is 11.8 Å². The van der Waals surface area contributed by atoms with Crippen LogP contribution < -0.4 is 14.9 Å². The molecule has 1 heterocycles. The zero-order valence-corrected chi connectivity index (χ0v) is 32.0. The van der Waals surface area contributed by atoms with Crippen molar-refractivity contribution in [2.24, 2.45) is 0 Å². The van der Waals surface area contributed by atoms with E-state index < -0.39 is 49.1 Å². The summed E-state index contributed by atoms with van der Waals surface area (Å²) in [5, 5.41) is 24.4. The van der Waals surface area contributed by atoms with Crippen molar-refractivity contribution in [2.45, 2.75) is 16.0 Å². The molecule has 0 radical (unpaired) electrons. The first kappa shape index (κ1) is 41.1. The number of aromatic hydroxyl groups is 1. The van der Waals surface area contributed by atoms with Crippen LogP contribution in [0.5, 0.6) is 5.75 Å². The van der Waals surface area contributed by atoms with Gasteiger partial charge in [0, 0.05) is 77.4 Å². The number of sulfonamides is 1. The molecule has 5 aromatic rings. The van der Waals surface area contributed by atoms with Crippen LogP contribution in [0.3, 0.4) is 0 Å². The van der Waals surface area contributed by atoms with Gasteiger partial charge in [-0.25, -0.2) is 13.1 Å². The van der Waals surface area contributed by atoms with Crippen molar-refractivity contribution in [3.8, 4) is 17.6 Å². The quantitative estimate of drug-likeness (QED) is 0.0416. The molecule has 0 aliphatic carbocycles. The number of nitro benzene ring substituents is 1. The van der Waals surface area contributed by atoms with E-state index in [0.717, 1.165) is 23.1 Å². The lowest BCUT2D eigenvalue weighted by Gasteiger charge is -2.36. The predicted octanol–water partition coefficient (Wildman–Crippen LogP) is 7.00. The van der Waals surface area contributed by atoms with Crippen LogP contribution in [0.4, 0.5) is 30.2 Å². The highest BCUT2D eigenvalue weighted by molar-refractivity contribution is 7.99. The van der Waals surface area contributed by atoms with E-state index >= 15 is 0 Å². The van der Waals surface area contributed by atoms with E-state index in [0.29, 0.717) is 36.6 Å². The van der Waals surface area contributed by atoms with Gasteiger partial charge in [0.25, 0.3) is 27.5 Å². The Bertz CT molecular complexity index is 2500. The fourth-order valence-corrected chi connectivity index (χ4v) is 7.76. The summed E-state index contributed by atoms with van der Waals surface area (Å²) >= 11 is 1.55. The van der Waals surface area contributed by atoms with Crippen LogP contribution in [0.2, 0.25) is 0 Å². The van der Waals surface area contributed by atoms with Crippen LogP contribution in [0.15, 0.2) is 125 Å². The Hall–Kier alpha value is -6.51. The number of phenolic OH excluding ortho intramolecular Hbond substituents is 1. The van der Waals surface area contributed by atoms with Gasteiger partial charge in [-0.05, 0) is 84.9 Å².